The molecule has 0 radical (unpaired) electrons. The number of rotatable bonds is 6. The Morgan fingerprint density at radius 2 is 2.06 bits per heavy atom. The third-order valence-electron chi connectivity index (χ3n) is 2.75. The zero-order valence-corrected chi connectivity index (χ0v) is 10.6. The lowest BCUT2D eigenvalue weighted by molar-refractivity contribution is -0.140. The maximum atomic E-state index is 11.6. The Morgan fingerprint density at radius 3 is 2.44 bits per heavy atom. The summed E-state index contributed by atoms with van der Waals surface area (Å²) in [6.45, 7) is 4.07. The van der Waals surface area contributed by atoms with E-state index in [-0.39, 0.29) is 12.3 Å². The van der Waals surface area contributed by atoms with Crippen molar-refractivity contribution in [3.05, 3.63) is 0 Å². The van der Waals surface area contributed by atoms with Crippen molar-refractivity contribution in [2.75, 3.05) is 5.75 Å². The first-order valence-electron chi connectivity index (χ1n) is 5.58. The highest BCUT2D eigenvalue weighted by Gasteiger charge is 2.40. The van der Waals surface area contributed by atoms with E-state index < -0.39 is 11.5 Å². The van der Waals surface area contributed by atoms with Crippen LogP contribution in [0, 0.1) is 0 Å². The molecule has 0 saturated heterocycles. The van der Waals surface area contributed by atoms with Crippen LogP contribution in [0.15, 0.2) is 0 Å². The van der Waals surface area contributed by atoms with Gasteiger partial charge in [0.25, 0.3) is 0 Å². The molecule has 0 bridgehead atoms. The maximum Gasteiger partial charge on any atom is 0.305 e. The van der Waals surface area contributed by atoms with Crippen molar-refractivity contribution < 1.29 is 14.7 Å². The molecule has 1 aliphatic carbocycles. The largest absolute Gasteiger partial charge is 0.481 e. The van der Waals surface area contributed by atoms with E-state index in [0.717, 1.165) is 19.3 Å². The van der Waals surface area contributed by atoms with Crippen LogP contribution >= 0.6 is 11.8 Å². The number of aliphatic carboxylic acids is 1. The maximum absolute atomic E-state index is 11.6. The second-order valence-corrected chi connectivity index (χ2v) is 6.18. The summed E-state index contributed by atoms with van der Waals surface area (Å²) in [6.07, 6.45) is 2.63. The van der Waals surface area contributed by atoms with E-state index in [4.69, 9.17) is 5.11 Å². The monoisotopic (exact) mass is 245 g/mol. The van der Waals surface area contributed by atoms with Crippen molar-refractivity contribution in [1.82, 2.24) is 5.32 Å². The number of amides is 1. The highest BCUT2D eigenvalue weighted by molar-refractivity contribution is 8.00. The van der Waals surface area contributed by atoms with Crippen molar-refractivity contribution in [2.45, 2.75) is 50.3 Å². The summed E-state index contributed by atoms with van der Waals surface area (Å²) in [7, 11) is 0. The summed E-state index contributed by atoms with van der Waals surface area (Å²) < 4.78 is 0. The van der Waals surface area contributed by atoms with Crippen molar-refractivity contribution in [1.29, 1.82) is 0 Å². The van der Waals surface area contributed by atoms with Crippen LogP contribution in [-0.4, -0.2) is 33.5 Å². The molecule has 1 aliphatic rings. The molecule has 1 rings (SSSR count). The van der Waals surface area contributed by atoms with Gasteiger partial charge >= 0.3 is 5.97 Å². The highest BCUT2D eigenvalue weighted by Crippen LogP contribution is 2.35. The molecular formula is C11H19NO3S. The molecule has 1 amide bonds. The Morgan fingerprint density at radius 1 is 1.44 bits per heavy atom. The van der Waals surface area contributed by atoms with Crippen LogP contribution in [0.2, 0.25) is 0 Å². The first kappa shape index (κ1) is 13.4. The number of thioether (sulfide) groups is 1. The summed E-state index contributed by atoms with van der Waals surface area (Å²) in [5.74, 6) is -0.463. The molecule has 0 spiro atoms. The molecule has 92 valence electrons. The lowest BCUT2D eigenvalue weighted by Crippen LogP contribution is -2.55. The second-order valence-electron chi connectivity index (χ2n) is 4.61. The van der Waals surface area contributed by atoms with Gasteiger partial charge in [-0.3, -0.25) is 9.59 Å². The van der Waals surface area contributed by atoms with Gasteiger partial charge in [-0.2, -0.15) is 0 Å². The Balaban J connectivity index is 2.38. The molecule has 5 heteroatoms. The molecule has 4 nitrogen and oxygen atoms in total. The minimum Gasteiger partial charge on any atom is -0.481 e. The van der Waals surface area contributed by atoms with Crippen LogP contribution in [0.5, 0.6) is 0 Å². The third-order valence-corrected chi connectivity index (χ3v) is 3.85. The normalized spacial score (nSPS) is 17.9. The average molecular weight is 245 g/mol. The van der Waals surface area contributed by atoms with Crippen molar-refractivity contribution in [2.24, 2.45) is 0 Å². The summed E-state index contributed by atoms with van der Waals surface area (Å²) in [5.41, 5.74) is -0.458. The van der Waals surface area contributed by atoms with E-state index >= 15 is 0 Å². The SMILES string of the molecule is CC(C)SCC(=O)NC1(CC(=O)O)CCC1. The fourth-order valence-electron chi connectivity index (χ4n) is 1.81. The number of nitrogens with one attached hydrogen (secondary N) is 1. The first-order valence-corrected chi connectivity index (χ1v) is 6.63. The number of carboxylic acids is 1. The molecule has 0 atom stereocenters. The van der Waals surface area contributed by atoms with Gasteiger partial charge in [-0.1, -0.05) is 13.8 Å². The molecule has 1 saturated carbocycles. The Labute approximate surface area is 100 Å². The predicted molar refractivity (Wildman–Crippen MR) is 64.6 cm³/mol. The predicted octanol–water partition coefficient (Wildman–Crippen LogP) is 1.64. The summed E-state index contributed by atoms with van der Waals surface area (Å²) in [6, 6.07) is 0. The number of carboxylic acid groups (broad SMARTS) is 1. The van der Waals surface area contributed by atoms with Gasteiger partial charge < -0.3 is 10.4 Å². The zero-order valence-electron chi connectivity index (χ0n) is 9.78. The first-order chi connectivity index (χ1) is 7.43. The number of carbonyl (C=O) groups is 2. The molecule has 0 aromatic rings. The minimum absolute atomic E-state index is 0.0420. The van der Waals surface area contributed by atoms with Crippen LogP contribution in [0.3, 0.4) is 0 Å². The molecule has 2 N–H and O–H groups in total. The molecule has 0 aliphatic heterocycles. The molecule has 0 unspecified atom stereocenters. The van der Waals surface area contributed by atoms with Crippen LogP contribution in [0.25, 0.3) is 0 Å². The van der Waals surface area contributed by atoms with E-state index in [1.54, 1.807) is 11.8 Å². The Hall–Kier alpha value is -0.710. The number of hydrogen-bond donors (Lipinski definition) is 2. The summed E-state index contributed by atoms with van der Waals surface area (Å²) in [4.78, 5) is 22.3. The number of hydrogen-bond acceptors (Lipinski definition) is 3. The lowest BCUT2D eigenvalue weighted by atomic mass is 9.74. The lowest BCUT2D eigenvalue weighted by Gasteiger charge is -2.41. The van der Waals surface area contributed by atoms with Crippen molar-refractivity contribution in [3.8, 4) is 0 Å². The van der Waals surface area contributed by atoms with Gasteiger partial charge in [0.2, 0.25) is 5.91 Å². The molecule has 1 fully saturated rings. The van der Waals surface area contributed by atoms with Gasteiger partial charge in [-0.25, -0.2) is 0 Å². The number of carbonyl (C=O) groups excluding carboxylic acids is 1. The Kier molecular flexibility index (Phi) is 4.65. The van der Waals surface area contributed by atoms with Crippen LogP contribution in [-0.2, 0) is 9.59 Å². The van der Waals surface area contributed by atoms with E-state index in [1.165, 1.54) is 0 Å². The molecule has 0 aromatic carbocycles. The van der Waals surface area contributed by atoms with Gasteiger partial charge in [0.1, 0.15) is 0 Å². The van der Waals surface area contributed by atoms with E-state index in [2.05, 4.69) is 5.32 Å². The average Bonchev–Trinajstić information content (AvgIpc) is 2.10. The van der Waals surface area contributed by atoms with E-state index in [0.29, 0.717) is 11.0 Å². The van der Waals surface area contributed by atoms with Gasteiger partial charge in [-0.15, -0.1) is 11.8 Å². The fourth-order valence-corrected chi connectivity index (χ4v) is 2.37. The quantitative estimate of drug-likeness (QED) is 0.746. The molecule has 0 heterocycles. The minimum atomic E-state index is -0.837. The molecular weight excluding hydrogens is 226 g/mol. The molecule has 0 aromatic heterocycles. The van der Waals surface area contributed by atoms with Gasteiger partial charge in [0, 0.05) is 0 Å². The van der Waals surface area contributed by atoms with E-state index in [1.807, 2.05) is 13.8 Å². The summed E-state index contributed by atoms with van der Waals surface area (Å²) in [5, 5.41) is 12.1. The van der Waals surface area contributed by atoms with Crippen LogP contribution < -0.4 is 5.32 Å². The smallest absolute Gasteiger partial charge is 0.305 e. The van der Waals surface area contributed by atoms with E-state index in [9.17, 15) is 9.59 Å². The van der Waals surface area contributed by atoms with Crippen molar-refractivity contribution >= 4 is 23.6 Å². The Bertz CT molecular complexity index is 274. The van der Waals surface area contributed by atoms with Crippen LogP contribution in [0.4, 0.5) is 0 Å². The highest BCUT2D eigenvalue weighted by atomic mass is 32.2. The zero-order chi connectivity index (χ0) is 12.2. The second kappa shape index (κ2) is 5.57. The van der Waals surface area contributed by atoms with Gasteiger partial charge in [-0.05, 0) is 24.5 Å². The van der Waals surface area contributed by atoms with Gasteiger partial charge in [0.05, 0.1) is 17.7 Å². The topological polar surface area (TPSA) is 66.4 Å². The fraction of sp³-hybridized carbons (Fsp3) is 0.818. The third kappa shape index (κ3) is 4.04. The van der Waals surface area contributed by atoms with Gasteiger partial charge in [0.15, 0.2) is 0 Å². The summed E-state index contributed by atoms with van der Waals surface area (Å²) >= 11 is 1.57. The van der Waals surface area contributed by atoms with Crippen molar-refractivity contribution in [3.63, 3.8) is 0 Å². The molecule has 16 heavy (non-hydrogen) atoms. The standard InChI is InChI=1S/C11H19NO3S/c1-8(2)16-7-9(13)12-11(4-3-5-11)6-10(14)15/h8H,3-7H2,1-2H3,(H,12,13)(H,14,15). The van der Waals surface area contributed by atoms with Crippen LogP contribution in [0.1, 0.15) is 39.5 Å².